The van der Waals surface area contributed by atoms with Gasteiger partial charge in [-0.2, -0.15) is 0 Å². The lowest BCUT2D eigenvalue weighted by Crippen LogP contribution is -2.27. The van der Waals surface area contributed by atoms with Gasteiger partial charge in [-0.15, -0.1) is 0 Å². The highest BCUT2D eigenvalue weighted by Crippen LogP contribution is 2.37. The predicted molar refractivity (Wildman–Crippen MR) is 157 cm³/mol. The number of hydrogen-bond donors (Lipinski definition) is 1. The lowest BCUT2D eigenvalue weighted by molar-refractivity contribution is -0.118. The molecule has 0 aromatic heterocycles. The number of nitrogens with zero attached hydrogens (tertiary/aromatic N) is 1. The molecule has 1 saturated heterocycles. The van der Waals surface area contributed by atoms with Crippen molar-refractivity contribution in [3.05, 3.63) is 86.7 Å². The Bertz CT molecular complexity index is 1390. The summed E-state index contributed by atoms with van der Waals surface area (Å²) in [5.74, 6) is 0.473. The number of benzene rings is 3. The van der Waals surface area contributed by atoms with Gasteiger partial charge < -0.3 is 14.8 Å². The van der Waals surface area contributed by atoms with E-state index < -0.39 is 0 Å². The molecule has 1 N–H and O–H groups in total. The summed E-state index contributed by atoms with van der Waals surface area (Å²) in [5.41, 5.74) is 4.27. The Morgan fingerprint density at radius 2 is 1.81 bits per heavy atom. The fraction of sp³-hybridized carbons (Fsp3) is 0.179. The minimum atomic E-state index is -0.281. The second-order valence-corrected chi connectivity index (χ2v) is 10.9. The van der Waals surface area contributed by atoms with Crippen molar-refractivity contribution in [3.63, 3.8) is 0 Å². The number of amides is 2. The van der Waals surface area contributed by atoms with Crippen molar-refractivity contribution in [2.24, 2.45) is 0 Å². The zero-order valence-corrected chi connectivity index (χ0v) is 23.8. The van der Waals surface area contributed by atoms with E-state index in [0.29, 0.717) is 27.3 Å². The number of nitrogens with one attached hydrogen (secondary N) is 1. The second-order valence-electron chi connectivity index (χ2n) is 8.29. The fourth-order valence-electron chi connectivity index (χ4n) is 3.63. The molecule has 0 unspecified atom stereocenters. The molecule has 0 spiro atoms. The summed E-state index contributed by atoms with van der Waals surface area (Å²) in [6, 6.07) is 18.6. The van der Waals surface area contributed by atoms with Gasteiger partial charge in [0.2, 0.25) is 0 Å². The molecule has 3 aromatic carbocycles. The van der Waals surface area contributed by atoms with Crippen molar-refractivity contribution < 1.29 is 19.1 Å². The quantitative estimate of drug-likeness (QED) is 0.226. The molecule has 4 rings (SSSR count). The zero-order chi connectivity index (χ0) is 26.5. The average molecular weight is 598 g/mol. The summed E-state index contributed by atoms with van der Waals surface area (Å²) in [5, 5.41) is 2.86. The number of ether oxygens (including phenoxy) is 2. The van der Waals surface area contributed by atoms with Gasteiger partial charge >= 0.3 is 0 Å². The van der Waals surface area contributed by atoms with Gasteiger partial charge in [0.15, 0.2) is 22.4 Å². The molecule has 3 aromatic rings. The van der Waals surface area contributed by atoms with Gasteiger partial charge in [0.25, 0.3) is 11.8 Å². The smallest absolute Gasteiger partial charge is 0.270 e. The van der Waals surface area contributed by atoms with Gasteiger partial charge in [0.1, 0.15) is 0 Å². The normalized spacial score (nSPS) is 14.3. The highest BCUT2D eigenvalue weighted by Gasteiger charge is 2.33. The van der Waals surface area contributed by atoms with Crippen LogP contribution in [0.5, 0.6) is 11.5 Å². The van der Waals surface area contributed by atoms with E-state index in [1.54, 1.807) is 18.2 Å². The van der Waals surface area contributed by atoms with Crippen LogP contribution in [0, 0.1) is 13.8 Å². The predicted octanol–water partition coefficient (Wildman–Crippen LogP) is 6.89. The number of carbonyl (C=O) groups is 2. The van der Waals surface area contributed by atoms with Gasteiger partial charge in [0, 0.05) is 10.2 Å². The first kappa shape index (κ1) is 26.9. The molecule has 0 saturated carbocycles. The molecule has 0 radical (unpaired) electrons. The van der Waals surface area contributed by atoms with Crippen molar-refractivity contribution in [1.82, 2.24) is 0 Å². The summed E-state index contributed by atoms with van der Waals surface area (Å²) in [6.07, 6.45) is 1.78. The third-order valence-corrected chi connectivity index (χ3v) is 7.27. The Balaban J connectivity index is 1.47. The summed E-state index contributed by atoms with van der Waals surface area (Å²) >= 11 is 10.2. The number of thioether (sulfide) groups is 1. The minimum Gasteiger partial charge on any atom is -0.490 e. The third-order valence-electron chi connectivity index (χ3n) is 5.47. The number of anilines is 2. The Morgan fingerprint density at radius 1 is 1.05 bits per heavy atom. The molecule has 1 aliphatic heterocycles. The maximum Gasteiger partial charge on any atom is 0.270 e. The number of thiocarbonyl (C=S) groups is 1. The monoisotopic (exact) mass is 596 g/mol. The lowest BCUT2D eigenvalue weighted by Gasteiger charge is -2.14. The van der Waals surface area contributed by atoms with E-state index in [0.717, 1.165) is 32.5 Å². The molecule has 0 bridgehead atoms. The van der Waals surface area contributed by atoms with E-state index in [1.807, 2.05) is 69.3 Å². The number of halogens is 1. The number of aryl methyl sites for hydroxylation is 2. The second kappa shape index (κ2) is 11.9. The van der Waals surface area contributed by atoms with Gasteiger partial charge in [-0.3, -0.25) is 14.5 Å². The van der Waals surface area contributed by atoms with Crippen LogP contribution in [-0.2, 0) is 9.59 Å². The first-order valence-corrected chi connectivity index (χ1v) is 13.6. The Labute approximate surface area is 234 Å². The molecule has 37 heavy (non-hydrogen) atoms. The van der Waals surface area contributed by atoms with Crippen LogP contribution in [-0.4, -0.2) is 29.3 Å². The summed E-state index contributed by atoms with van der Waals surface area (Å²) < 4.78 is 12.9. The van der Waals surface area contributed by atoms with E-state index in [-0.39, 0.29) is 18.4 Å². The van der Waals surface area contributed by atoms with Crippen LogP contribution < -0.4 is 19.7 Å². The molecule has 9 heteroatoms. The first-order valence-electron chi connectivity index (χ1n) is 11.6. The van der Waals surface area contributed by atoms with Crippen molar-refractivity contribution in [2.45, 2.75) is 20.8 Å². The van der Waals surface area contributed by atoms with Gasteiger partial charge in [-0.05, 0) is 80.4 Å². The van der Waals surface area contributed by atoms with E-state index in [1.165, 1.54) is 16.7 Å². The number of hydrogen-bond acceptors (Lipinski definition) is 6. The van der Waals surface area contributed by atoms with Crippen LogP contribution in [0.4, 0.5) is 11.4 Å². The molecular weight excluding hydrogens is 572 g/mol. The molecule has 0 atom stereocenters. The van der Waals surface area contributed by atoms with Crippen LogP contribution >= 0.6 is 39.9 Å². The van der Waals surface area contributed by atoms with Crippen molar-refractivity contribution in [3.8, 4) is 11.5 Å². The van der Waals surface area contributed by atoms with Crippen LogP contribution in [0.25, 0.3) is 6.08 Å². The molecule has 6 nitrogen and oxygen atoms in total. The Kier molecular flexibility index (Phi) is 8.68. The fourth-order valence-corrected chi connectivity index (χ4v) is 5.41. The van der Waals surface area contributed by atoms with Crippen LogP contribution in [0.15, 0.2) is 70.0 Å². The van der Waals surface area contributed by atoms with E-state index in [4.69, 9.17) is 21.7 Å². The van der Waals surface area contributed by atoms with E-state index in [2.05, 4.69) is 21.2 Å². The topological polar surface area (TPSA) is 67.9 Å². The van der Waals surface area contributed by atoms with Gasteiger partial charge in [0.05, 0.1) is 17.2 Å². The molecule has 2 amide bonds. The molecule has 190 valence electrons. The summed E-state index contributed by atoms with van der Waals surface area (Å²) in [7, 11) is 0. The third kappa shape index (κ3) is 6.60. The van der Waals surface area contributed by atoms with Crippen molar-refractivity contribution in [2.75, 3.05) is 23.4 Å². The lowest BCUT2D eigenvalue weighted by atomic mass is 10.1. The first-order chi connectivity index (χ1) is 17.7. The van der Waals surface area contributed by atoms with Crippen LogP contribution in [0.2, 0.25) is 0 Å². The summed E-state index contributed by atoms with van der Waals surface area (Å²) in [6.45, 7) is 6.02. The van der Waals surface area contributed by atoms with Crippen LogP contribution in [0.3, 0.4) is 0 Å². The molecule has 1 aliphatic rings. The standard InChI is InChI=1S/C28H25BrN2O4S2/c1-4-34-24-14-19(15-25-27(33)31(28(36)37-25)21-9-5-17(2)6-10-21)7-12-23(24)35-16-26(32)30-22-11-8-20(29)13-18(22)3/h5-15H,4,16H2,1-3H3,(H,30,32)/b25-15-. The maximum absolute atomic E-state index is 13.1. The Hall–Kier alpha value is -3.14. The van der Waals surface area contributed by atoms with Gasteiger partial charge in [-0.1, -0.05) is 63.7 Å². The molecule has 0 aliphatic carbocycles. The molecular formula is C28H25BrN2O4S2. The summed E-state index contributed by atoms with van der Waals surface area (Å²) in [4.78, 5) is 27.6. The Morgan fingerprint density at radius 3 is 2.51 bits per heavy atom. The molecule has 1 heterocycles. The van der Waals surface area contributed by atoms with Crippen molar-refractivity contribution in [1.29, 1.82) is 0 Å². The average Bonchev–Trinajstić information content (AvgIpc) is 3.13. The van der Waals surface area contributed by atoms with E-state index >= 15 is 0 Å². The highest BCUT2D eigenvalue weighted by atomic mass is 79.9. The minimum absolute atomic E-state index is 0.169. The highest BCUT2D eigenvalue weighted by molar-refractivity contribution is 9.10. The SMILES string of the molecule is CCOc1cc(/C=C2\SC(=S)N(c3ccc(C)cc3)C2=O)ccc1OCC(=O)Nc1ccc(Br)cc1C. The maximum atomic E-state index is 13.1. The van der Waals surface area contributed by atoms with Crippen molar-refractivity contribution >= 4 is 73.5 Å². The van der Waals surface area contributed by atoms with Gasteiger partial charge in [-0.25, -0.2) is 0 Å². The largest absolute Gasteiger partial charge is 0.490 e. The molecule has 1 fully saturated rings. The number of carbonyl (C=O) groups excluding carboxylic acids is 2. The number of rotatable bonds is 8. The van der Waals surface area contributed by atoms with E-state index in [9.17, 15) is 9.59 Å². The zero-order valence-electron chi connectivity index (χ0n) is 20.5. The van der Waals surface area contributed by atoms with Crippen LogP contribution in [0.1, 0.15) is 23.6 Å².